The molecule has 0 atom stereocenters. The van der Waals surface area contributed by atoms with Crippen LogP contribution in [0, 0.1) is 0 Å². The Hall–Kier alpha value is -2.16. The number of carbonyl (C=O) groups is 1. The summed E-state index contributed by atoms with van der Waals surface area (Å²) in [6, 6.07) is 5.11. The minimum atomic E-state index is -0.660. The standard InChI is InChI=1S/C15H18BrFN4O3/c1-15(2,3)24-13(22)18-8-10(7-17)9-20-14(23)21-11(16)5-4-6-12(21)19-20/h4-7H,8-9H2,1-3H3,(H,18,22)/b10-7+. The van der Waals surface area contributed by atoms with Crippen molar-refractivity contribution >= 4 is 27.7 Å². The van der Waals surface area contributed by atoms with Crippen LogP contribution in [0.3, 0.4) is 0 Å². The first-order valence-corrected chi connectivity index (χ1v) is 7.99. The van der Waals surface area contributed by atoms with E-state index in [0.29, 0.717) is 16.6 Å². The van der Waals surface area contributed by atoms with Gasteiger partial charge < -0.3 is 10.1 Å². The lowest BCUT2D eigenvalue weighted by molar-refractivity contribution is 0.0532. The second kappa shape index (κ2) is 7.16. The number of alkyl carbamates (subject to hydrolysis) is 1. The third-order valence-electron chi connectivity index (χ3n) is 2.92. The molecule has 0 aliphatic rings. The maximum absolute atomic E-state index is 13.1. The van der Waals surface area contributed by atoms with E-state index in [1.54, 1.807) is 39.0 Å². The maximum Gasteiger partial charge on any atom is 0.407 e. The fourth-order valence-corrected chi connectivity index (χ4v) is 2.43. The number of carbonyl (C=O) groups excluding carboxylic acids is 1. The van der Waals surface area contributed by atoms with Gasteiger partial charge in [0.2, 0.25) is 0 Å². The molecule has 0 aromatic carbocycles. The molecule has 0 saturated heterocycles. The lowest BCUT2D eigenvalue weighted by Gasteiger charge is -2.19. The summed E-state index contributed by atoms with van der Waals surface area (Å²) in [5, 5.41) is 6.58. The zero-order valence-electron chi connectivity index (χ0n) is 13.5. The van der Waals surface area contributed by atoms with Crippen molar-refractivity contribution in [1.29, 1.82) is 0 Å². The van der Waals surface area contributed by atoms with Gasteiger partial charge >= 0.3 is 11.8 Å². The Morgan fingerprint density at radius 3 is 2.75 bits per heavy atom. The van der Waals surface area contributed by atoms with Gasteiger partial charge in [0.15, 0.2) is 5.65 Å². The molecule has 24 heavy (non-hydrogen) atoms. The van der Waals surface area contributed by atoms with Crippen LogP contribution in [0.1, 0.15) is 20.8 Å². The Bertz CT molecular complexity index is 835. The fourth-order valence-electron chi connectivity index (χ4n) is 1.95. The zero-order chi connectivity index (χ0) is 17.9. The van der Waals surface area contributed by atoms with Crippen LogP contribution in [0.4, 0.5) is 9.18 Å². The van der Waals surface area contributed by atoms with Crippen LogP contribution in [-0.4, -0.2) is 32.4 Å². The monoisotopic (exact) mass is 400 g/mol. The lowest BCUT2D eigenvalue weighted by Crippen LogP contribution is -2.34. The molecule has 0 aliphatic heterocycles. The van der Waals surface area contributed by atoms with Crippen molar-refractivity contribution in [1.82, 2.24) is 19.5 Å². The smallest absolute Gasteiger partial charge is 0.407 e. The van der Waals surface area contributed by atoms with Crippen LogP contribution < -0.4 is 11.0 Å². The molecular weight excluding hydrogens is 383 g/mol. The summed E-state index contributed by atoms with van der Waals surface area (Å²) in [6.45, 7) is 5.01. The molecule has 0 bridgehead atoms. The molecule has 1 amide bonds. The number of nitrogens with one attached hydrogen (secondary N) is 1. The molecule has 0 fully saturated rings. The number of rotatable bonds is 4. The van der Waals surface area contributed by atoms with Crippen molar-refractivity contribution in [2.75, 3.05) is 6.54 Å². The van der Waals surface area contributed by atoms with E-state index < -0.39 is 17.4 Å². The van der Waals surface area contributed by atoms with Crippen LogP contribution >= 0.6 is 15.9 Å². The van der Waals surface area contributed by atoms with Crippen molar-refractivity contribution in [3.63, 3.8) is 0 Å². The van der Waals surface area contributed by atoms with Gasteiger partial charge in [-0.05, 0) is 54.4 Å². The van der Waals surface area contributed by atoms with E-state index in [4.69, 9.17) is 4.74 Å². The van der Waals surface area contributed by atoms with Crippen LogP contribution in [0.2, 0.25) is 0 Å². The second-order valence-corrected chi connectivity index (χ2v) is 6.92. The fraction of sp³-hybridized carbons (Fsp3) is 0.400. The minimum Gasteiger partial charge on any atom is -0.444 e. The molecule has 2 aromatic rings. The highest BCUT2D eigenvalue weighted by Gasteiger charge is 2.17. The number of aromatic nitrogens is 3. The van der Waals surface area contributed by atoms with Gasteiger partial charge in [-0.2, -0.15) is 0 Å². The molecule has 2 aromatic heterocycles. The number of hydrogen-bond acceptors (Lipinski definition) is 4. The molecule has 0 unspecified atom stereocenters. The van der Waals surface area contributed by atoms with E-state index in [1.165, 1.54) is 4.40 Å². The Morgan fingerprint density at radius 2 is 2.17 bits per heavy atom. The number of hydrogen-bond donors (Lipinski definition) is 1. The first kappa shape index (κ1) is 18.2. The van der Waals surface area contributed by atoms with Gasteiger partial charge in [-0.1, -0.05) is 6.07 Å². The first-order valence-electron chi connectivity index (χ1n) is 7.20. The topological polar surface area (TPSA) is 77.6 Å². The largest absolute Gasteiger partial charge is 0.444 e. The van der Waals surface area contributed by atoms with E-state index in [-0.39, 0.29) is 18.7 Å². The summed E-state index contributed by atoms with van der Waals surface area (Å²) in [6.07, 6.45) is -0.310. The summed E-state index contributed by atoms with van der Waals surface area (Å²) in [5.41, 5.74) is -0.432. The molecule has 0 radical (unpaired) electrons. The van der Waals surface area contributed by atoms with E-state index in [0.717, 1.165) is 4.68 Å². The minimum absolute atomic E-state index is 0.0841. The molecule has 0 spiro atoms. The Kier molecular flexibility index (Phi) is 5.43. The van der Waals surface area contributed by atoms with E-state index in [2.05, 4.69) is 26.3 Å². The first-order chi connectivity index (χ1) is 11.2. The number of nitrogens with zero attached hydrogens (tertiary/aromatic N) is 3. The highest BCUT2D eigenvalue weighted by atomic mass is 79.9. The van der Waals surface area contributed by atoms with Gasteiger partial charge in [-0.3, -0.25) is 0 Å². The highest BCUT2D eigenvalue weighted by molar-refractivity contribution is 9.10. The molecule has 9 heteroatoms. The van der Waals surface area contributed by atoms with E-state index in [9.17, 15) is 14.0 Å². The van der Waals surface area contributed by atoms with E-state index >= 15 is 0 Å². The van der Waals surface area contributed by atoms with Crippen molar-refractivity contribution in [2.45, 2.75) is 32.9 Å². The van der Waals surface area contributed by atoms with Crippen LogP contribution in [0.25, 0.3) is 5.65 Å². The number of halogens is 2. The molecular formula is C15H18BrFN4O3. The van der Waals surface area contributed by atoms with Crippen molar-refractivity contribution < 1.29 is 13.9 Å². The van der Waals surface area contributed by atoms with Gasteiger partial charge in [0.05, 0.1) is 17.5 Å². The van der Waals surface area contributed by atoms with E-state index in [1.807, 2.05) is 0 Å². The predicted molar refractivity (Wildman–Crippen MR) is 90.6 cm³/mol. The Morgan fingerprint density at radius 1 is 1.46 bits per heavy atom. The summed E-state index contributed by atoms with van der Waals surface area (Å²) in [7, 11) is 0. The molecule has 130 valence electrons. The maximum atomic E-state index is 13.1. The summed E-state index contributed by atoms with van der Waals surface area (Å²) in [5.74, 6) is 0. The molecule has 0 saturated carbocycles. The van der Waals surface area contributed by atoms with Gasteiger partial charge in [0.25, 0.3) is 0 Å². The number of amides is 1. The zero-order valence-corrected chi connectivity index (χ0v) is 15.1. The van der Waals surface area contributed by atoms with Gasteiger partial charge in [0.1, 0.15) is 5.60 Å². The quantitative estimate of drug-likeness (QED) is 0.800. The third-order valence-corrected chi connectivity index (χ3v) is 3.54. The van der Waals surface area contributed by atoms with Gasteiger partial charge in [0, 0.05) is 6.54 Å². The SMILES string of the molecule is CC(C)(C)OC(=O)NC/C(=C\F)Cn1nc2cccc(Br)n2c1=O. The Labute approximate surface area is 146 Å². The summed E-state index contributed by atoms with van der Waals surface area (Å²) >= 11 is 3.27. The van der Waals surface area contributed by atoms with Gasteiger partial charge in [-0.15, -0.1) is 5.10 Å². The van der Waals surface area contributed by atoms with Crippen LogP contribution in [0.5, 0.6) is 0 Å². The number of ether oxygens (including phenoxy) is 1. The Balaban J connectivity index is 2.09. The second-order valence-electron chi connectivity index (χ2n) is 6.11. The van der Waals surface area contributed by atoms with Crippen molar-refractivity contribution in [3.05, 3.63) is 45.2 Å². The third kappa shape index (κ3) is 4.44. The molecule has 0 aliphatic carbocycles. The number of fused-ring (bicyclic) bond motifs is 1. The highest BCUT2D eigenvalue weighted by Crippen LogP contribution is 2.10. The van der Waals surface area contributed by atoms with Crippen LogP contribution in [-0.2, 0) is 11.3 Å². The lowest BCUT2D eigenvalue weighted by atomic mass is 10.2. The summed E-state index contributed by atoms with van der Waals surface area (Å²) < 4.78 is 21.2. The molecule has 1 N–H and O–H groups in total. The summed E-state index contributed by atoms with van der Waals surface area (Å²) in [4.78, 5) is 23.9. The van der Waals surface area contributed by atoms with Crippen molar-refractivity contribution in [3.8, 4) is 0 Å². The average molecular weight is 401 g/mol. The average Bonchev–Trinajstić information content (AvgIpc) is 2.79. The number of pyridine rings is 1. The van der Waals surface area contributed by atoms with Crippen LogP contribution in [0.15, 0.2) is 39.5 Å². The van der Waals surface area contributed by atoms with Gasteiger partial charge in [-0.25, -0.2) is 23.1 Å². The molecule has 2 heterocycles. The molecule has 2 rings (SSSR count). The molecule has 7 nitrogen and oxygen atoms in total. The predicted octanol–water partition coefficient (Wildman–Crippen LogP) is 2.64. The van der Waals surface area contributed by atoms with Crippen molar-refractivity contribution in [2.24, 2.45) is 0 Å². The normalized spacial score (nSPS) is 12.5.